The summed E-state index contributed by atoms with van der Waals surface area (Å²) in [6.45, 7) is -0.0615. The van der Waals surface area contributed by atoms with E-state index in [0.29, 0.717) is 33.9 Å². The summed E-state index contributed by atoms with van der Waals surface area (Å²) in [5, 5.41) is 0. The number of halogens is 4. The molecule has 1 aliphatic carbocycles. The molecular formula is C26H21F4N7O2. The van der Waals surface area contributed by atoms with Gasteiger partial charge in [-0.25, -0.2) is 24.3 Å². The number of H-pyrrole nitrogens is 1. The summed E-state index contributed by atoms with van der Waals surface area (Å²) in [6, 6.07) is 5.91. The average Bonchev–Trinajstić information content (AvgIpc) is 3.51. The first kappa shape index (κ1) is 24.8. The zero-order valence-electron chi connectivity index (χ0n) is 20.8. The van der Waals surface area contributed by atoms with Crippen LogP contribution < -0.4 is 9.47 Å². The van der Waals surface area contributed by atoms with Crippen LogP contribution in [0.15, 0.2) is 43.0 Å². The van der Waals surface area contributed by atoms with Gasteiger partial charge in [-0.3, -0.25) is 0 Å². The number of benzene rings is 1. The Morgan fingerprint density at radius 3 is 2.59 bits per heavy atom. The Bertz CT molecular complexity index is 1690. The number of aromatic amines is 1. The number of methoxy groups -OCH3 is 1. The normalized spacial score (nSPS) is 13.7. The van der Waals surface area contributed by atoms with Gasteiger partial charge in [-0.15, -0.1) is 0 Å². The van der Waals surface area contributed by atoms with Crippen molar-refractivity contribution < 1.29 is 27.0 Å². The summed E-state index contributed by atoms with van der Waals surface area (Å²) in [7, 11) is 2.89. The predicted octanol–water partition coefficient (Wildman–Crippen LogP) is 5.44. The quantitative estimate of drug-likeness (QED) is 0.275. The van der Waals surface area contributed by atoms with Crippen LogP contribution in [0.4, 0.5) is 17.6 Å². The van der Waals surface area contributed by atoms with Crippen molar-refractivity contribution in [3.8, 4) is 34.5 Å². The van der Waals surface area contributed by atoms with Crippen LogP contribution in [0, 0.1) is 5.82 Å². The number of aromatic nitrogens is 7. The highest BCUT2D eigenvalue weighted by atomic mass is 19.4. The minimum absolute atomic E-state index is 0.0587. The Kier molecular flexibility index (Phi) is 5.92. The monoisotopic (exact) mass is 539 g/mol. The fourth-order valence-electron chi connectivity index (χ4n) is 4.38. The van der Waals surface area contributed by atoms with Gasteiger partial charge in [0.1, 0.15) is 35.7 Å². The third-order valence-electron chi connectivity index (χ3n) is 6.41. The van der Waals surface area contributed by atoms with Crippen molar-refractivity contribution in [2.45, 2.75) is 31.5 Å². The van der Waals surface area contributed by atoms with Crippen molar-refractivity contribution >= 4 is 11.0 Å². The van der Waals surface area contributed by atoms with Crippen molar-refractivity contribution in [3.63, 3.8) is 0 Å². The van der Waals surface area contributed by atoms with E-state index >= 15 is 0 Å². The van der Waals surface area contributed by atoms with Gasteiger partial charge in [0, 0.05) is 25.4 Å². The lowest BCUT2D eigenvalue weighted by atomic mass is 10.1. The van der Waals surface area contributed by atoms with Crippen LogP contribution in [-0.2, 0) is 19.8 Å². The molecule has 13 heteroatoms. The highest BCUT2D eigenvalue weighted by molar-refractivity contribution is 5.83. The molecule has 0 unspecified atom stereocenters. The summed E-state index contributed by atoms with van der Waals surface area (Å²) >= 11 is 0. The number of rotatable bonds is 7. The molecule has 0 atom stereocenters. The molecule has 0 radical (unpaired) electrons. The van der Waals surface area contributed by atoms with Gasteiger partial charge in [-0.2, -0.15) is 18.2 Å². The molecule has 39 heavy (non-hydrogen) atoms. The molecule has 1 fully saturated rings. The highest BCUT2D eigenvalue weighted by Crippen LogP contribution is 2.45. The molecular weight excluding hydrogens is 518 g/mol. The Hall–Kier alpha value is -4.55. The molecule has 0 saturated heterocycles. The third kappa shape index (κ3) is 4.64. The Morgan fingerprint density at radius 1 is 1.08 bits per heavy atom. The largest absolute Gasteiger partial charge is 0.480 e. The first-order valence-corrected chi connectivity index (χ1v) is 12.0. The van der Waals surface area contributed by atoms with E-state index in [1.807, 2.05) is 0 Å². The van der Waals surface area contributed by atoms with Gasteiger partial charge in [0.25, 0.3) is 0 Å². The summed E-state index contributed by atoms with van der Waals surface area (Å²) in [4.78, 5) is 24.6. The smallest absolute Gasteiger partial charge is 0.434 e. The fourth-order valence-corrected chi connectivity index (χ4v) is 4.38. The predicted molar refractivity (Wildman–Crippen MR) is 131 cm³/mol. The molecule has 4 aromatic heterocycles. The van der Waals surface area contributed by atoms with E-state index in [0.717, 1.165) is 29.3 Å². The van der Waals surface area contributed by atoms with E-state index in [1.54, 1.807) is 18.3 Å². The van der Waals surface area contributed by atoms with Crippen molar-refractivity contribution in [1.82, 2.24) is 34.5 Å². The number of fused-ring (bicyclic) bond motifs is 1. The van der Waals surface area contributed by atoms with E-state index in [9.17, 15) is 17.6 Å². The number of nitrogens with one attached hydrogen (secondary N) is 1. The van der Waals surface area contributed by atoms with Gasteiger partial charge in [0.2, 0.25) is 11.8 Å². The number of imidazole rings is 1. The van der Waals surface area contributed by atoms with Gasteiger partial charge < -0.3 is 19.0 Å². The summed E-state index contributed by atoms with van der Waals surface area (Å²) in [6.07, 6.45) is 1.35. The topological polar surface area (TPSA) is 104 Å². The first-order chi connectivity index (χ1) is 18.7. The minimum atomic E-state index is -4.63. The van der Waals surface area contributed by atoms with Crippen molar-refractivity contribution in [2.75, 3.05) is 7.11 Å². The van der Waals surface area contributed by atoms with E-state index in [1.165, 1.54) is 32.6 Å². The van der Waals surface area contributed by atoms with Crippen molar-refractivity contribution in [1.29, 1.82) is 0 Å². The van der Waals surface area contributed by atoms with Gasteiger partial charge >= 0.3 is 6.18 Å². The molecule has 1 aliphatic rings. The number of hydrogen-bond acceptors (Lipinski definition) is 7. The van der Waals surface area contributed by atoms with Crippen molar-refractivity contribution in [3.05, 3.63) is 65.8 Å². The molecule has 4 heterocycles. The van der Waals surface area contributed by atoms with Gasteiger partial charge in [0.15, 0.2) is 11.5 Å². The SMILES string of the molecule is COc1ncnc(C2CC2)c1-c1nc(OCc2ccc(-c3nc(C(F)(F)F)cn3C)c(F)c2)c2[nH]ccc2n1. The lowest BCUT2D eigenvalue weighted by Crippen LogP contribution is -2.05. The summed E-state index contributed by atoms with van der Waals surface area (Å²) < 4.78 is 66.7. The van der Waals surface area contributed by atoms with Crippen LogP contribution in [-0.4, -0.2) is 41.6 Å². The second-order valence-electron chi connectivity index (χ2n) is 9.17. The van der Waals surface area contributed by atoms with Crippen LogP contribution in [0.5, 0.6) is 11.8 Å². The molecule has 5 aromatic rings. The van der Waals surface area contributed by atoms with Crippen LogP contribution in [0.25, 0.3) is 33.8 Å². The van der Waals surface area contributed by atoms with E-state index in [-0.39, 0.29) is 29.8 Å². The zero-order valence-corrected chi connectivity index (χ0v) is 20.8. The molecule has 9 nitrogen and oxygen atoms in total. The standard InChI is InChI=1S/C26H21F4N7O2/c1-37-10-18(26(28,29)30)35-23(37)15-6-3-13(9-16(15)27)11-39-25-21-17(7-8-31-21)34-22(36-25)19-20(14-4-5-14)32-12-33-24(19)38-2/h3,6-10,12,14,31H,4-5,11H2,1-2H3. The third-order valence-corrected chi connectivity index (χ3v) is 6.41. The number of ether oxygens (including phenoxy) is 2. The molecule has 0 spiro atoms. The molecule has 0 bridgehead atoms. The number of alkyl halides is 3. The van der Waals surface area contributed by atoms with Gasteiger partial charge in [0.05, 0.1) is 23.9 Å². The second-order valence-corrected chi connectivity index (χ2v) is 9.17. The maximum atomic E-state index is 15.0. The average molecular weight is 539 g/mol. The maximum absolute atomic E-state index is 15.0. The molecule has 200 valence electrons. The van der Waals surface area contributed by atoms with Crippen LogP contribution in [0.3, 0.4) is 0 Å². The van der Waals surface area contributed by atoms with Crippen LogP contribution in [0.1, 0.15) is 35.7 Å². The Balaban J connectivity index is 1.31. The van der Waals surface area contributed by atoms with E-state index in [4.69, 9.17) is 9.47 Å². The van der Waals surface area contributed by atoms with E-state index < -0.39 is 17.7 Å². The minimum Gasteiger partial charge on any atom is -0.480 e. The maximum Gasteiger partial charge on any atom is 0.434 e. The van der Waals surface area contributed by atoms with Gasteiger partial charge in [-0.05, 0) is 36.6 Å². The van der Waals surface area contributed by atoms with Gasteiger partial charge in [-0.1, -0.05) is 6.07 Å². The van der Waals surface area contributed by atoms with Crippen molar-refractivity contribution in [2.24, 2.45) is 7.05 Å². The van der Waals surface area contributed by atoms with Crippen LogP contribution in [0.2, 0.25) is 0 Å². The number of nitrogens with zero attached hydrogens (tertiary/aromatic N) is 6. The fraction of sp³-hybridized carbons (Fsp3) is 0.269. The van der Waals surface area contributed by atoms with E-state index in [2.05, 4.69) is 29.9 Å². The molecule has 1 aromatic carbocycles. The Labute approximate surface area is 218 Å². The molecule has 0 amide bonds. The lowest BCUT2D eigenvalue weighted by Gasteiger charge is -2.13. The number of hydrogen-bond donors (Lipinski definition) is 1. The lowest BCUT2D eigenvalue weighted by molar-refractivity contribution is -0.140. The summed E-state index contributed by atoms with van der Waals surface area (Å²) in [5.74, 6) is 0.343. The zero-order chi connectivity index (χ0) is 27.3. The number of aryl methyl sites for hydroxylation is 1. The molecule has 1 N–H and O–H groups in total. The molecule has 0 aliphatic heterocycles. The van der Waals surface area contributed by atoms with Crippen LogP contribution >= 0.6 is 0 Å². The Morgan fingerprint density at radius 2 is 1.90 bits per heavy atom. The second kappa shape index (κ2) is 9.33. The first-order valence-electron chi connectivity index (χ1n) is 12.0. The summed E-state index contributed by atoms with van der Waals surface area (Å²) in [5.41, 5.74) is 1.85. The molecule has 6 rings (SSSR count). The molecule has 1 saturated carbocycles. The highest BCUT2D eigenvalue weighted by Gasteiger charge is 2.35.